The number of hydrogen-bond donors (Lipinski definition) is 0. The summed E-state index contributed by atoms with van der Waals surface area (Å²) in [7, 11) is -3.39. The van der Waals surface area contributed by atoms with E-state index in [9.17, 15) is 12.8 Å². The molecule has 0 amide bonds. The van der Waals surface area contributed by atoms with Gasteiger partial charge in [-0.3, -0.25) is 0 Å². The standard InChI is InChI=1S/C15H11FN4O3S/c16-12-4-1-10(2-5-12)14-17-15(23-18-14)11-3-6-13-19-24(21,22)8-7-20(13)9-11/h1-6,9H,7-8H2. The van der Waals surface area contributed by atoms with E-state index in [4.69, 9.17) is 4.52 Å². The SMILES string of the molecule is O=S1(=O)CCN2C=C(c3nc(-c4ccc(F)cc4)no3)C=CC2=N1. The van der Waals surface area contributed by atoms with E-state index in [1.165, 1.54) is 12.1 Å². The van der Waals surface area contributed by atoms with Gasteiger partial charge < -0.3 is 9.42 Å². The van der Waals surface area contributed by atoms with Crippen LogP contribution >= 0.6 is 0 Å². The van der Waals surface area contributed by atoms with Crippen LogP contribution in [-0.4, -0.2) is 41.6 Å². The van der Waals surface area contributed by atoms with E-state index in [-0.39, 0.29) is 17.5 Å². The zero-order valence-electron chi connectivity index (χ0n) is 12.3. The van der Waals surface area contributed by atoms with E-state index in [2.05, 4.69) is 14.5 Å². The molecule has 4 rings (SSSR count). The highest BCUT2D eigenvalue weighted by Crippen LogP contribution is 2.24. The predicted molar refractivity (Wildman–Crippen MR) is 84.7 cm³/mol. The topological polar surface area (TPSA) is 88.7 Å². The van der Waals surface area contributed by atoms with Crippen LogP contribution in [0.2, 0.25) is 0 Å². The fourth-order valence-electron chi connectivity index (χ4n) is 2.38. The lowest BCUT2D eigenvalue weighted by Crippen LogP contribution is -2.36. The third kappa shape index (κ3) is 2.73. The highest BCUT2D eigenvalue weighted by molar-refractivity contribution is 7.90. The van der Waals surface area contributed by atoms with Crippen molar-refractivity contribution in [2.45, 2.75) is 0 Å². The molecule has 0 bridgehead atoms. The van der Waals surface area contributed by atoms with Gasteiger partial charge in [0.2, 0.25) is 5.82 Å². The van der Waals surface area contributed by atoms with E-state index in [0.29, 0.717) is 29.3 Å². The molecule has 0 radical (unpaired) electrons. The van der Waals surface area contributed by atoms with Crippen molar-refractivity contribution in [1.82, 2.24) is 15.0 Å². The molecule has 1 aromatic carbocycles. The van der Waals surface area contributed by atoms with Gasteiger partial charge in [0.1, 0.15) is 11.7 Å². The summed E-state index contributed by atoms with van der Waals surface area (Å²) in [4.78, 5) is 6.02. The molecule has 0 atom stereocenters. The molecule has 0 saturated heterocycles. The summed E-state index contributed by atoms with van der Waals surface area (Å²) in [6.45, 7) is 0.313. The van der Waals surface area contributed by atoms with Crippen LogP contribution < -0.4 is 0 Å². The highest BCUT2D eigenvalue weighted by Gasteiger charge is 2.25. The van der Waals surface area contributed by atoms with Crippen LogP contribution in [0, 0.1) is 5.82 Å². The average Bonchev–Trinajstić information content (AvgIpc) is 3.04. The van der Waals surface area contributed by atoms with Crippen LogP contribution in [0.1, 0.15) is 5.89 Å². The number of sulfonamides is 1. The summed E-state index contributed by atoms with van der Waals surface area (Å²) >= 11 is 0. The van der Waals surface area contributed by atoms with Gasteiger partial charge in [0, 0.05) is 18.3 Å². The number of fused-ring (bicyclic) bond motifs is 1. The number of halogens is 1. The van der Waals surface area contributed by atoms with Crippen molar-refractivity contribution in [3.8, 4) is 11.4 Å². The molecule has 2 aliphatic rings. The van der Waals surface area contributed by atoms with Crippen molar-refractivity contribution >= 4 is 21.4 Å². The molecule has 9 heteroatoms. The van der Waals surface area contributed by atoms with E-state index in [0.717, 1.165) is 0 Å². The number of allylic oxidation sites excluding steroid dienone is 2. The summed E-state index contributed by atoms with van der Waals surface area (Å²) in [5.41, 5.74) is 1.28. The number of rotatable bonds is 2. The van der Waals surface area contributed by atoms with E-state index < -0.39 is 10.0 Å². The Morgan fingerprint density at radius 2 is 1.96 bits per heavy atom. The second kappa shape index (κ2) is 5.38. The van der Waals surface area contributed by atoms with Crippen molar-refractivity contribution in [2.24, 2.45) is 4.40 Å². The molecule has 24 heavy (non-hydrogen) atoms. The maximum atomic E-state index is 13.0. The maximum Gasteiger partial charge on any atom is 0.259 e. The third-order valence-corrected chi connectivity index (χ3v) is 4.76. The normalized spacial score (nSPS) is 18.8. The molecule has 122 valence electrons. The molecular formula is C15H11FN4O3S. The Hall–Kier alpha value is -2.81. The smallest absolute Gasteiger partial charge is 0.259 e. The average molecular weight is 346 g/mol. The number of amidine groups is 1. The van der Waals surface area contributed by atoms with Crippen molar-refractivity contribution in [3.63, 3.8) is 0 Å². The minimum atomic E-state index is -3.39. The van der Waals surface area contributed by atoms with Gasteiger partial charge >= 0.3 is 0 Å². The minimum Gasteiger partial charge on any atom is -0.334 e. The van der Waals surface area contributed by atoms with Crippen LogP contribution in [0.3, 0.4) is 0 Å². The molecule has 0 aliphatic carbocycles. The molecule has 0 N–H and O–H groups in total. The van der Waals surface area contributed by atoms with Gasteiger partial charge in [0.15, 0.2) is 0 Å². The number of benzene rings is 1. The molecule has 0 unspecified atom stereocenters. The molecule has 7 nitrogen and oxygen atoms in total. The maximum absolute atomic E-state index is 13.0. The Labute approximate surface area is 136 Å². The Morgan fingerprint density at radius 1 is 1.17 bits per heavy atom. The summed E-state index contributed by atoms with van der Waals surface area (Å²) in [6, 6.07) is 5.77. The lowest BCUT2D eigenvalue weighted by Gasteiger charge is -2.26. The summed E-state index contributed by atoms with van der Waals surface area (Å²) < 4.78 is 44.9. The van der Waals surface area contributed by atoms with Gasteiger partial charge in [-0.25, -0.2) is 12.8 Å². The van der Waals surface area contributed by atoms with Crippen molar-refractivity contribution in [1.29, 1.82) is 0 Å². The van der Waals surface area contributed by atoms with Crippen molar-refractivity contribution in [2.75, 3.05) is 12.3 Å². The van der Waals surface area contributed by atoms with Gasteiger partial charge in [-0.15, -0.1) is 4.40 Å². The van der Waals surface area contributed by atoms with E-state index >= 15 is 0 Å². The Bertz CT molecular complexity index is 990. The van der Waals surface area contributed by atoms with Crippen molar-refractivity contribution in [3.05, 3.63) is 54.3 Å². The molecule has 2 aromatic rings. The first-order valence-corrected chi connectivity index (χ1v) is 8.70. The summed E-state index contributed by atoms with van der Waals surface area (Å²) in [5, 5.41) is 3.89. The zero-order valence-corrected chi connectivity index (χ0v) is 13.1. The monoisotopic (exact) mass is 346 g/mol. The van der Waals surface area contributed by atoms with E-state index in [1.807, 2.05) is 0 Å². The fraction of sp³-hybridized carbons (Fsp3) is 0.133. The number of hydrogen-bond acceptors (Lipinski definition) is 6. The van der Waals surface area contributed by atoms with Crippen molar-refractivity contribution < 1.29 is 17.3 Å². The minimum absolute atomic E-state index is 0.0429. The lowest BCUT2D eigenvalue weighted by molar-refractivity contribution is 0.408. The second-order valence-corrected chi connectivity index (χ2v) is 7.03. The molecule has 0 saturated carbocycles. The molecule has 3 heterocycles. The van der Waals surface area contributed by atoms with Gasteiger partial charge in [0.25, 0.3) is 15.9 Å². The van der Waals surface area contributed by atoms with Crippen LogP contribution in [0.5, 0.6) is 0 Å². The largest absolute Gasteiger partial charge is 0.334 e. The molecule has 0 spiro atoms. The Kier molecular flexibility index (Phi) is 3.31. The highest BCUT2D eigenvalue weighted by atomic mass is 32.2. The zero-order chi connectivity index (χ0) is 16.7. The predicted octanol–water partition coefficient (Wildman–Crippen LogP) is 1.83. The van der Waals surface area contributed by atoms with Crippen LogP contribution in [-0.2, 0) is 10.0 Å². The Morgan fingerprint density at radius 3 is 2.75 bits per heavy atom. The quantitative estimate of drug-likeness (QED) is 0.824. The van der Waals surface area contributed by atoms with Crippen LogP contribution in [0.4, 0.5) is 4.39 Å². The first kappa shape index (κ1) is 14.8. The van der Waals surface area contributed by atoms with E-state index in [1.54, 1.807) is 35.4 Å². The first-order chi connectivity index (χ1) is 11.5. The second-order valence-electron chi connectivity index (χ2n) is 5.28. The molecule has 2 aliphatic heterocycles. The third-order valence-electron chi connectivity index (χ3n) is 3.60. The molecule has 1 aromatic heterocycles. The lowest BCUT2D eigenvalue weighted by atomic mass is 10.2. The summed E-state index contributed by atoms with van der Waals surface area (Å²) in [5.74, 6) is 0.618. The van der Waals surface area contributed by atoms with Gasteiger partial charge in [0.05, 0.1) is 11.3 Å². The Balaban J connectivity index is 1.63. The van der Waals surface area contributed by atoms with Crippen LogP contribution in [0.25, 0.3) is 17.0 Å². The van der Waals surface area contributed by atoms with Gasteiger partial charge in [-0.2, -0.15) is 4.98 Å². The van der Waals surface area contributed by atoms with Crippen LogP contribution in [0.15, 0.2) is 51.5 Å². The number of nitrogens with zero attached hydrogens (tertiary/aromatic N) is 4. The molecular weight excluding hydrogens is 335 g/mol. The van der Waals surface area contributed by atoms with Gasteiger partial charge in [-0.1, -0.05) is 5.16 Å². The summed E-state index contributed by atoms with van der Waals surface area (Å²) in [6.07, 6.45) is 4.97. The molecule has 0 fully saturated rings. The first-order valence-electron chi connectivity index (χ1n) is 7.09. The fourth-order valence-corrected chi connectivity index (χ4v) is 3.35. The number of aromatic nitrogens is 2. The van der Waals surface area contributed by atoms with Gasteiger partial charge in [-0.05, 0) is 36.4 Å².